The molecule has 0 unspecified atom stereocenters. The molecule has 1 aromatic carbocycles. The summed E-state index contributed by atoms with van der Waals surface area (Å²) in [6.45, 7) is -0.140. The van der Waals surface area contributed by atoms with E-state index in [1.54, 1.807) is 12.1 Å². The Bertz CT molecular complexity index is 487. The average molecular weight is 303 g/mol. The molecule has 21 heavy (non-hydrogen) atoms. The van der Waals surface area contributed by atoms with E-state index >= 15 is 0 Å². The zero-order chi connectivity index (χ0) is 15.5. The van der Waals surface area contributed by atoms with Crippen LogP contribution in [-0.2, 0) is 11.3 Å². The van der Waals surface area contributed by atoms with Crippen LogP contribution in [0.25, 0.3) is 0 Å². The molecule has 1 aliphatic rings. The first-order valence-corrected chi connectivity index (χ1v) is 6.60. The van der Waals surface area contributed by atoms with E-state index in [0.717, 1.165) is 12.0 Å². The number of halogens is 3. The topological polar surface area (TPSA) is 49.8 Å². The highest BCUT2D eigenvalue weighted by Crippen LogP contribution is 2.22. The first kappa shape index (κ1) is 15.6. The Labute approximate surface area is 120 Å². The normalized spacial score (nSPS) is 19.7. The Hall–Kier alpha value is -1.76. The Morgan fingerprint density at radius 3 is 2.57 bits per heavy atom. The average Bonchev–Trinajstić information content (AvgIpc) is 2.85. The van der Waals surface area contributed by atoms with Crippen molar-refractivity contribution >= 4 is 5.97 Å². The third-order valence-corrected chi connectivity index (χ3v) is 3.36. The van der Waals surface area contributed by atoms with Gasteiger partial charge in [-0.25, -0.2) is 0 Å². The maximum atomic E-state index is 12.0. The second-order valence-corrected chi connectivity index (χ2v) is 5.01. The summed E-state index contributed by atoms with van der Waals surface area (Å²) in [5.41, 5.74) is 0.850. The zero-order valence-electron chi connectivity index (χ0n) is 11.3. The molecule has 4 nitrogen and oxygen atoms in total. The van der Waals surface area contributed by atoms with Gasteiger partial charge in [0.15, 0.2) is 6.61 Å². The predicted molar refractivity (Wildman–Crippen MR) is 69.1 cm³/mol. The van der Waals surface area contributed by atoms with Gasteiger partial charge >= 0.3 is 12.1 Å². The number of nitrogens with zero attached hydrogens (tertiary/aromatic N) is 1. The fourth-order valence-corrected chi connectivity index (χ4v) is 2.39. The molecule has 0 radical (unpaired) electrons. The molecule has 2 rings (SSSR count). The molecule has 0 spiro atoms. The van der Waals surface area contributed by atoms with Gasteiger partial charge in [0.05, 0.1) is 0 Å². The lowest BCUT2D eigenvalue weighted by atomic mass is 10.2. The largest absolute Gasteiger partial charge is 0.484 e. The van der Waals surface area contributed by atoms with E-state index in [1.807, 2.05) is 4.90 Å². The molecular weight excluding hydrogens is 287 g/mol. The van der Waals surface area contributed by atoms with Crippen LogP contribution in [0, 0.1) is 0 Å². The molecule has 1 atom stereocenters. The minimum Gasteiger partial charge on any atom is -0.484 e. The molecule has 1 fully saturated rings. The van der Waals surface area contributed by atoms with Gasteiger partial charge in [-0.05, 0) is 37.1 Å². The number of hydrogen-bond acceptors (Lipinski definition) is 3. The quantitative estimate of drug-likeness (QED) is 0.908. The van der Waals surface area contributed by atoms with Crippen molar-refractivity contribution in [3.05, 3.63) is 29.8 Å². The minimum atomic E-state index is -4.36. The highest BCUT2D eigenvalue weighted by molar-refractivity contribution is 5.73. The van der Waals surface area contributed by atoms with E-state index in [9.17, 15) is 18.0 Å². The highest BCUT2D eigenvalue weighted by atomic mass is 19.4. The van der Waals surface area contributed by atoms with Gasteiger partial charge in [-0.3, -0.25) is 9.69 Å². The van der Waals surface area contributed by atoms with Crippen molar-refractivity contribution in [2.24, 2.45) is 0 Å². The maximum Gasteiger partial charge on any atom is 0.422 e. The van der Waals surface area contributed by atoms with Gasteiger partial charge in [0, 0.05) is 6.54 Å². The molecular formula is C14H16F3NO3. The highest BCUT2D eigenvalue weighted by Gasteiger charge is 2.30. The Morgan fingerprint density at radius 1 is 1.33 bits per heavy atom. The summed E-state index contributed by atoms with van der Waals surface area (Å²) in [7, 11) is 0. The van der Waals surface area contributed by atoms with Crippen LogP contribution in [0.3, 0.4) is 0 Å². The van der Waals surface area contributed by atoms with Crippen LogP contribution in [0.2, 0.25) is 0 Å². The third kappa shape index (κ3) is 4.63. The summed E-state index contributed by atoms with van der Waals surface area (Å²) < 4.78 is 40.7. The molecule has 0 bridgehead atoms. The van der Waals surface area contributed by atoms with Gasteiger partial charge in [0.25, 0.3) is 0 Å². The molecule has 0 aliphatic carbocycles. The number of carboxylic acid groups (broad SMARTS) is 1. The number of ether oxygens (including phenoxy) is 1. The second-order valence-electron chi connectivity index (χ2n) is 5.01. The summed E-state index contributed by atoms with van der Waals surface area (Å²) >= 11 is 0. The summed E-state index contributed by atoms with van der Waals surface area (Å²) in [5, 5.41) is 9.08. The molecule has 1 aliphatic heterocycles. The molecule has 1 aromatic rings. The number of carboxylic acids is 1. The Kier molecular flexibility index (Phi) is 4.72. The third-order valence-electron chi connectivity index (χ3n) is 3.36. The number of aliphatic carboxylic acids is 1. The molecule has 0 saturated carbocycles. The van der Waals surface area contributed by atoms with Crippen LogP contribution in [0.5, 0.6) is 5.75 Å². The fourth-order valence-electron chi connectivity index (χ4n) is 2.39. The monoisotopic (exact) mass is 303 g/mol. The SMILES string of the molecule is O=C(O)[C@@H]1CCCN1Cc1ccc(OCC(F)(F)F)cc1. The van der Waals surface area contributed by atoms with Crippen LogP contribution in [0.4, 0.5) is 13.2 Å². The van der Waals surface area contributed by atoms with Crippen LogP contribution < -0.4 is 4.74 Å². The zero-order valence-corrected chi connectivity index (χ0v) is 11.3. The number of alkyl halides is 3. The van der Waals surface area contributed by atoms with Crippen molar-refractivity contribution in [1.29, 1.82) is 0 Å². The van der Waals surface area contributed by atoms with Crippen molar-refractivity contribution < 1.29 is 27.8 Å². The van der Waals surface area contributed by atoms with E-state index < -0.39 is 24.8 Å². The first-order valence-electron chi connectivity index (χ1n) is 6.60. The number of carbonyl (C=O) groups is 1. The summed E-state index contributed by atoms with van der Waals surface area (Å²) in [4.78, 5) is 12.9. The van der Waals surface area contributed by atoms with Crippen molar-refractivity contribution in [2.45, 2.75) is 31.6 Å². The van der Waals surface area contributed by atoms with Crippen LogP contribution in [0.1, 0.15) is 18.4 Å². The second kappa shape index (κ2) is 6.34. The van der Waals surface area contributed by atoms with Gasteiger partial charge < -0.3 is 9.84 Å². The van der Waals surface area contributed by atoms with Crippen LogP contribution in [0.15, 0.2) is 24.3 Å². The van der Waals surface area contributed by atoms with Gasteiger partial charge in [0.1, 0.15) is 11.8 Å². The van der Waals surface area contributed by atoms with Crippen molar-refractivity contribution in [3.8, 4) is 5.75 Å². The number of benzene rings is 1. The van der Waals surface area contributed by atoms with Crippen molar-refractivity contribution in [3.63, 3.8) is 0 Å². The van der Waals surface area contributed by atoms with Gasteiger partial charge in [-0.2, -0.15) is 13.2 Å². The lowest BCUT2D eigenvalue weighted by Crippen LogP contribution is -2.35. The first-order chi connectivity index (χ1) is 9.85. The standard InChI is InChI=1S/C14H16F3NO3/c15-14(16,17)9-21-11-5-3-10(4-6-11)8-18-7-1-2-12(18)13(19)20/h3-6,12H,1-2,7-9H2,(H,19,20)/t12-/m0/s1. The summed E-state index contributed by atoms with van der Waals surface area (Å²) in [6, 6.07) is 5.76. The molecule has 1 N–H and O–H groups in total. The van der Waals surface area contributed by atoms with Gasteiger partial charge in [0.2, 0.25) is 0 Å². The number of hydrogen-bond donors (Lipinski definition) is 1. The van der Waals surface area contributed by atoms with Crippen LogP contribution in [-0.4, -0.2) is 41.3 Å². The van der Waals surface area contributed by atoms with Crippen LogP contribution >= 0.6 is 0 Å². The molecule has 1 saturated heterocycles. The van der Waals surface area contributed by atoms with Gasteiger partial charge in [-0.15, -0.1) is 0 Å². The Morgan fingerprint density at radius 2 is 2.00 bits per heavy atom. The Balaban J connectivity index is 1.92. The smallest absolute Gasteiger partial charge is 0.422 e. The lowest BCUT2D eigenvalue weighted by Gasteiger charge is -2.21. The van der Waals surface area contributed by atoms with Crippen molar-refractivity contribution in [1.82, 2.24) is 4.90 Å². The van der Waals surface area contributed by atoms with E-state index in [1.165, 1.54) is 12.1 Å². The molecule has 0 amide bonds. The molecule has 0 aromatic heterocycles. The number of likely N-dealkylation sites (tertiary alicyclic amines) is 1. The van der Waals surface area contributed by atoms with E-state index in [4.69, 9.17) is 5.11 Å². The molecule has 1 heterocycles. The summed E-state index contributed by atoms with van der Waals surface area (Å²) in [5.74, 6) is -0.690. The van der Waals surface area contributed by atoms with Gasteiger partial charge in [-0.1, -0.05) is 12.1 Å². The fraction of sp³-hybridized carbons (Fsp3) is 0.500. The molecule has 116 valence electrons. The van der Waals surface area contributed by atoms with E-state index in [2.05, 4.69) is 4.74 Å². The van der Waals surface area contributed by atoms with Crippen molar-refractivity contribution in [2.75, 3.05) is 13.2 Å². The lowest BCUT2D eigenvalue weighted by molar-refractivity contribution is -0.153. The minimum absolute atomic E-state index is 0.146. The summed E-state index contributed by atoms with van der Waals surface area (Å²) in [6.07, 6.45) is -2.89. The number of rotatable bonds is 5. The maximum absolute atomic E-state index is 12.0. The predicted octanol–water partition coefficient (Wildman–Crippen LogP) is 2.68. The van der Waals surface area contributed by atoms with E-state index in [0.29, 0.717) is 19.5 Å². The van der Waals surface area contributed by atoms with E-state index in [-0.39, 0.29) is 5.75 Å². The molecule has 7 heteroatoms.